The molecule has 0 bridgehead atoms. The number of alkyl halides is 18. The van der Waals surface area contributed by atoms with Crippen molar-refractivity contribution in [1.82, 2.24) is 0 Å². The second kappa shape index (κ2) is 12.2. The van der Waals surface area contributed by atoms with E-state index in [9.17, 15) is 5.11 Å². The van der Waals surface area contributed by atoms with E-state index in [1.165, 1.54) is 12.1 Å². The zero-order chi connectivity index (χ0) is 28.3. The lowest BCUT2D eigenvalue weighted by Gasteiger charge is -2.46. The van der Waals surface area contributed by atoms with Gasteiger partial charge in [0.2, 0.25) is 16.3 Å². The molecule has 1 nitrogen and oxygen atoms in total. The first-order valence-electron chi connectivity index (χ1n) is 8.28. The van der Waals surface area contributed by atoms with Crippen LogP contribution in [0.3, 0.4) is 0 Å². The van der Waals surface area contributed by atoms with Crippen molar-refractivity contribution < 1.29 is 5.11 Å². The quantitative estimate of drug-likeness (QED) is 0.232. The average Bonchev–Trinajstić information content (AvgIpc) is 2.65. The van der Waals surface area contributed by atoms with Crippen LogP contribution in [0, 0.1) is 0 Å². The lowest BCUT2D eigenvalue weighted by atomic mass is 9.93. The van der Waals surface area contributed by atoms with Gasteiger partial charge in [-0.15, -0.1) is 0 Å². The van der Waals surface area contributed by atoms with Crippen molar-refractivity contribution in [3.05, 3.63) is 34.9 Å². The second-order valence-electron chi connectivity index (χ2n) is 6.77. The molecule has 203 valence electrons. The molecule has 1 radical (unpaired) electrons. The Kier molecular flexibility index (Phi) is 13.0. The summed E-state index contributed by atoms with van der Waals surface area (Å²) in [6, 6.07) is 3.73. The van der Waals surface area contributed by atoms with Gasteiger partial charge in [0.05, 0.1) is 6.61 Å². The second-order valence-corrected chi connectivity index (χ2v) is 19.3. The zero-order valence-corrected chi connectivity index (χ0v) is 29.5. The number of hydrogen-bond acceptors (Lipinski definition) is 0. The summed E-state index contributed by atoms with van der Waals surface area (Å²) in [5, 5.41) is 11.4. The molecule has 0 atom stereocenters. The summed E-state index contributed by atoms with van der Waals surface area (Å²) in [4.78, 5) is 0. The minimum Gasteiger partial charge on any atom is -0.236 e. The molecule has 35 heavy (non-hydrogen) atoms. The maximum absolute atomic E-state index is 11.4. The minimum atomic E-state index is -2.67. The fourth-order valence-corrected chi connectivity index (χ4v) is 7.02. The summed E-state index contributed by atoms with van der Waals surface area (Å²) < 4.78 is -20.5. The molecule has 0 heterocycles. The summed E-state index contributed by atoms with van der Waals surface area (Å²) in [7, 11) is 0. The molecule has 0 N–H and O–H groups in total. The minimum absolute atomic E-state index is 0.153. The highest BCUT2D eigenvalue weighted by molar-refractivity contribution is 6.81. The third-order valence-electron chi connectivity index (χ3n) is 4.47. The van der Waals surface area contributed by atoms with Gasteiger partial charge in [-0.05, 0) is 29.2 Å². The van der Waals surface area contributed by atoms with Gasteiger partial charge in [0.25, 0.3) is 0 Å². The Balaban J connectivity index is 3.92. The van der Waals surface area contributed by atoms with E-state index in [-0.39, 0.29) is 23.1 Å². The Bertz CT molecular complexity index is 910. The van der Waals surface area contributed by atoms with Gasteiger partial charge in [0.15, 0.2) is 17.3 Å². The van der Waals surface area contributed by atoms with Gasteiger partial charge in [-0.1, -0.05) is 221 Å². The van der Waals surface area contributed by atoms with Crippen LogP contribution in [0.15, 0.2) is 18.2 Å². The van der Waals surface area contributed by atoms with Crippen LogP contribution in [-0.2, 0) is 20.2 Å². The number of hydrogen-bond donors (Lipinski definition) is 0. The summed E-state index contributed by atoms with van der Waals surface area (Å²) in [6.07, 6.45) is -0.153. The number of halogens is 18. The highest BCUT2D eigenvalue weighted by atomic mass is 35.6. The Morgan fingerprint density at radius 2 is 0.886 bits per heavy atom. The summed E-state index contributed by atoms with van der Waals surface area (Å²) >= 11 is 111. The Morgan fingerprint density at radius 3 is 1.23 bits per heavy atom. The van der Waals surface area contributed by atoms with Crippen LogP contribution < -0.4 is 0 Å². The lowest BCUT2D eigenvalue weighted by molar-refractivity contribution is 0.197. The van der Waals surface area contributed by atoms with E-state index < -0.39 is 40.2 Å². The van der Waals surface area contributed by atoms with Crippen LogP contribution in [0.1, 0.15) is 16.7 Å². The third kappa shape index (κ3) is 6.82. The maximum atomic E-state index is 11.4. The normalized spacial score (nSPS) is 15.5. The topological polar surface area (TPSA) is 19.9 Å². The average molecular weight is 853 g/mol. The van der Waals surface area contributed by atoms with Gasteiger partial charge in [0, 0.05) is 0 Å². The van der Waals surface area contributed by atoms with Crippen LogP contribution in [-0.4, -0.2) is 31.5 Å². The fourth-order valence-electron chi connectivity index (χ4n) is 2.49. The predicted octanol–water partition coefficient (Wildman–Crippen LogP) is 12.4. The van der Waals surface area contributed by atoms with Crippen molar-refractivity contribution in [2.45, 2.75) is 40.0 Å². The predicted molar refractivity (Wildman–Crippen MR) is 161 cm³/mol. The zero-order valence-electron chi connectivity index (χ0n) is 15.9. The Hall–Kier alpha value is 4.40. The molecule has 0 aliphatic heterocycles. The Morgan fingerprint density at radius 1 is 0.514 bits per heavy atom. The molecule has 0 aliphatic rings. The molecule has 1 rings (SSSR count). The van der Waals surface area contributed by atoms with Crippen molar-refractivity contribution in [3.8, 4) is 0 Å². The van der Waals surface area contributed by atoms with Crippen molar-refractivity contribution in [2.75, 3.05) is 6.61 Å². The SMILES string of the molecule is [O]CCc1ccc(C(Cl)(Cl)C(Cl)(Cl)C(Cl)(Cl)C(Cl)(Cl)Cl)cc1C(Cl)(Cl)C(Cl)(Cl)C(Cl)(Cl)C(Cl)(Cl)Cl. The van der Waals surface area contributed by atoms with Gasteiger partial charge in [-0.25, -0.2) is 5.11 Å². The van der Waals surface area contributed by atoms with Gasteiger partial charge in [-0.2, -0.15) is 0 Å². The fraction of sp³-hybridized carbons (Fsp3) is 0.625. The van der Waals surface area contributed by atoms with E-state index >= 15 is 0 Å². The molecular formula is C16H7Cl18O. The molecule has 0 saturated heterocycles. The Labute approximate surface area is 291 Å². The van der Waals surface area contributed by atoms with E-state index in [1.54, 1.807) is 0 Å². The molecule has 0 spiro atoms. The van der Waals surface area contributed by atoms with Crippen LogP contribution in [0.25, 0.3) is 0 Å². The molecule has 0 unspecified atom stereocenters. The molecule has 0 amide bonds. The van der Waals surface area contributed by atoms with E-state index in [0.717, 1.165) is 6.07 Å². The van der Waals surface area contributed by atoms with Crippen LogP contribution in [0.5, 0.6) is 0 Å². The van der Waals surface area contributed by atoms with Gasteiger partial charge < -0.3 is 0 Å². The molecule has 19 heteroatoms. The van der Waals surface area contributed by atoms with E-state index in [0.29, 0.717) is 0 Å². The molecule has 0 aliphatic carbocycles. The first-order chi connectivity index (χ1) is 15.2. The summed E-state index contributed by atoms with van der Waals surface area (Å²) in [6.45, 7) is -0.632. The molecule has 1 aromatic carbocycles. The van der Waals surface area contributed by atoms with E-state index in [4.69, 9.17) is 209 Å². The highest BCUT2D eigenvalue weighted by Gasteiger charge is 2.70. The summed E-state index contributed by atoms with van der Waals surface area (Å²) in [5.41, 5.74) is -0.178. The third-order valence-corrected chi connectivity index (χ3v) is 15.4. The van der Waals surface area contributed by atoms with E-state index in [1.807, 2.05) is 0 Å². The smallest absolute Gasteiger partial charge is 0.226 e. The highest BCUT2D eigenvalue weighted by Crippen LogP contribution is 2.67. The van der Waals surface area contributed by atoms with Crippen LogP contribution >= 0.6 is 209 Å². The first-order valence-corrected chi connectivity index (χ1v) is 15.1. The molecule has 0 fully saturated rings. The van der Waals surface area contributed by atoms with Crippen LogP contribution in [0.2, 0.25) is 0 Å². The monoisotopic (exact) mass is 844 g/mol. The largest absolute Gasteiger partial charge is 0.236 e. The maximum Gasteiger partial charge on any atom is 0.226 e. The lowest BCUT2D eigenvalue weighted by Crippen LogP contribution is -2.55. The molecule has 0 saturated carbocycles. The van der Waals surface area contributed by atoms with Crippen molar-refractivity contribution in [1.29, 1.82) is 0 Å². The molecule has 0 aromatic heterocycles. The first kappa shape index (κ1) is 37.4. The van der Waals surface area contributed by atoms with Crippen LogP contribution in [0.4, 0.5) is 0 Å². The standard InChI is InChI=1S/C16H7Cl18O/c17-9(18,11(21,22)13(25,26)15(29,30)31)7-2-1-6(3-4-35)8(5-7)10(19,20)12(23,24)14(27,28)16(32,33)34/h1-2,5H,3-4H2. The van der Waals surface area contributed by atoms with E-state index in [2.05, 4.69) is 0 Å². The summed E-state index contributed by atoms with van der Waals surface area (Å²) in [5.74, 6) is 0. The molecular weight excluding hydrogens is 846 g/mol. The number of benzene rings is 1. The van der Waals surface area contributed by atoms with Crippen molar-refractivity contribution in [3.63, 3.8) is 0 Å². The van der Waals surface area contributed by atoms with Crippen molar-refractivity contribution in [2.24, 2.45) is 0 Å². The van der Waals surface area contributed by atoms with Gasteiger partial charge >= 0.3 is 0 Å². The van der Waals surface area contributed by atoms with Gasteiger partial charge in [-0.3, -0.25) is 0 Å². The van der Waals surface area contributed by atoms with Gasteiger partial charge in [0.1, 0.15) is 0 Å². The number of rotatable bonds is 8. The van der Waals surface area contributed by atoms with Crippen molar-refractivity contribution >= 4 is 209 Å². The molecule has 1 aromatic rings.